The number of aryl methyl sites for hydroxylation is 1. The standard InChI is InChI=1S/C18H23N3O3S2/c1-14-19-16(13-25-14)12-20(2)18(22)15-7-6-10-21(11-15)26(23,24)17-8-4-3-5-9-17/h3-5,8-9,13,15H,6-7,10-12H2,1-2H3. The molecule has 1 atom stereocenters. The Hall–Kier alpha value is -1.77. The summed E-state index contributed by atoms with van der Waals surface area (Å²) in [6.45, 7) is 3.07. The average molecular weight is 394 g/mol. The number of hydrogen-bond acceptors (Lipinski definition) is 5. The Labute approximate surface area is 158 Å². The van der Waals surface area contributed by atoms with Crippen molar-refractivity contribution in [1.29, 1.82) is 0 Å². The SMILES string of the molecule is Cc1nc(CN(C)C(=O)C2CCCN(S(=O)(=O)c3ccccc3)C2)cs1. The number of aromatic nitrogens is 1. The number of sulfonamides is 1. The summed E-state index contributed by atoms with van der Waals surface area (Å²) in [6.07, 6.45) is 1.40. The van der Waals surface area contributed by atoms with E-state index in [2.05, 4.69) is 4.98 Å². The van der Waals surface area contributed by atoms with Crippen LogP contribution in [0.1, 0.15) is 23.5 Å². The molecule has 8 heteroatoms. The second-order valence-corrected chi connectivity index (χ2v) is 9.57. The van der Waals surface area contributed by atoms with Crippen molar-refractivity contribution in [3.63, 3.8) is 0 Å². The Morgan fingerprint density at radius 3 is 2.73 bits per heavy atom. The second-order valence-electron chi connectivity index (χ2n) is 6.57. The maximum absolute atomic E-state index is 12.8. The molecule has 0 bridgehead atoms. The maximum atomic E-state index is 12.8. The summed E-state index contributed by atoms with van der Waals surface area (Å²) in [5.74, 6) is -0.337. The molecule has 0 saturated carbocycles. The van der Waals surface area contributed by atoms with Crippen LogP contribution in [0.25, 0.3) is 0 Å². The van der Waals surface area contributed by atoms with E-state index in [1.807, 2.05) is 12.3 Å². The Balaban J connectivity index is 1.68. The number of rotatable bonds is 5. The molecule has 2 heterocycles. The highest BCUT2D eigenvalue weighted by atomic mass is 32.2. The van der Waals surface area contributed by atoms with Crippen LogP contribution in [0.2, 0.25) is 0 Å². The summed E-state index contributed by atoms with van der Waals surface area (Å²) in [4.78, 5) is 19.1. The smallest absolute Gasteiger partial charge is 0.243 e. The van der Waals surface area contributed by atoms with Gasteiger partial charge in [0.2, 0.25) is 15.9 Å². The highest BCUT2D eigenvalue weighted by Crippen LogP contribution is 2.25. The largest absolute Gasteiger partial charge is 0.340 e. The van der Waals surface area contributed by atoms with Crippen LogP contribution in [0.3, 0.4) is 0 Å². The van der Waals surface area contributed by atoms with Crippen molar-refractivity contribution in [3.05, 3.63) is 46.4 Å². The minimum absolute atomic E-state index is 0.0244. The van der Waals surface area contributed by atoms with Crippen LogP contribution in [-0.2, 0) is 21.4 Å². The predicted octanol–water partition coefficient (Wildman–Crippen LogP) is 2.51. The van der Waals surface area contributed by atoms with Gasteiger partial charge in [0.15, 0.2) is 0 Å². The van der Waals surface area contributed by atoms with Gasteiger partial charge in [-0.3, -0.25) is 4.79 Å². The number of carbonyl (C=O) groups excluding carboxylic acids is 1. The van der Waals surface area contributed by atoms with E-state index < -0.39 is 10.0 Å². The monoisotopic (exact) mass is 393 g/mol. The van der Waals surface area contributed by atoms with Crippen molar-refractivity contribution < 1.29 is 13.2 Å². The molecule has 1 aliphatic heterocycles. The highest BCUT2D eigenvalue weighted by molar-refractivity contribution is 7.89. The first-order valence-electron chi connectivity index (χ1n) is 8.59. The fraction of sp³-hybridized carbons (Fsp3) is 0.444. The van der Waals surface area contributed by atoms with E-state index in [0.717, 1.165) is 10.7 Å². The van der Waals surface area contributed by atoms with Crippen LogP contribution < -0.4 is 0 Å². The molecule has 1 aliphatic rings. The molecule has 0 N–H and O–H groups in total. The Morgan fingerprint density at radius 2 is 2.08 bits per heavy atom. The van der Waals surface area contributed by atoms with Crippen molar-refractivity contribution in [2.75, 3.05) is 20.1 Å². The number of nitrogens with zero attached hydrogens (tertiary/aromatic N) is 3. The molecule has 1 unspecified atom stereocenters. The first kappa shape index (κ1) is 19.0. The number of amides is 1. The molecule has 1 amide bonds. The van der Waals surface area contributed by atoms with Crippen LogP contribution in [-0.4, -0.2) is 48.7 Å². The third-order valence-electron chi connectivity index (χ3n) is 4.56. The molecule has 26 heavy (non-hydrogen) atoms. The van der Waals surface area contributed by atoms with Gasteiger partial charge in [0.25, 0.3) is 0 Å². The Kier molecular flexibility index (Phi) is 5.74. The first-order chi connectivity index (χ1) is 12.4. The summed E-state index contributed by atoms with van der Waals surface area (Å²) in [6, 6.07) is 8.40. The molecule has 0 aliphatic carbocycles. The Morgan fingerprint density at radius 1 is 1.35 bits per heavy atom. The van der Waals surface area contributed by atoms with Crippen LogP contribution in [0.4, 0.5) is 0 Å². The summed E-state index contributed by atoms with van der Waals surface area (Å²) < 4.78 is 27.1. The first-order valence-corrected chi connectivity index (χ1v) is 10.9. The van der Waals surface area contributed by atoms with Crippen molar-refractivity contribution in [2.24, 2.45) is 5.92 Å². The van der Waals surface area contributed by atoms with Crippen molar-refractivity contribution >= 4 is 27.3 Å². The van der Waals surface area contributed by atoms with E-state index in [4.69, 9.17) is 0 Å². The van der Waals surface area contributed by atoms with Crippen molar-refractivity contribution in [2.45, 2.75) is 31.2 Å². The topological polar surface area (TPSA) is 70.6 Å². The molecule has 0 radical (unpaired) electrons. The van der Waals surface area contributed by atoms with E-state index in [1.165, 1.54) is 4.31 Å². The van der Waals surface area contributed by atoms with E-state index in [0.29, 0.717) is 25.9 Å². The molecule has 2 aromatic rings. The fourth-order valence-electron chi connectivity index (χ4n) is 3.22. The van der Waals surface area contributed by atoms with Gasteiger partial charge < -0.3 is 4.90 Å². The van der Waals surface area contributed by atoms with Crippen LogP contribution >= 0.6 is 11.3 Å². The summed E-state index contributed by atoms with van der Waals surface area (Å²) >= 11 is 1.56. The van der Waals surface area contributed by atoms with Gasteiger partial charge in [-0.2, -0.15) is 4.31 Å². The molecule has 1 aromatic carbocycles. The van der Waals surface area contributed by atoms with Crippen molar-refractivity contribution in [1.82, 2.24) is 14.2 Å². The van der Waals surface area contributed by atoms with E-state index in [-0.39, 0.29) is 23.3 Å². The van der Waals surface area contributed by atoms with Gasteiger partial charge in [0.1, 0.15) is 0 Å². The van der Waals surface area contributed by atoms with Crippen LogP contribution in [0.15, 0.2) is 40.6 Å². The lowest BCUT2D eigenvalue weighted by Crippen LogP contribution is -2.45. The molecule has 140 valence electrons. The number of hydrogen-bond donors (Lipinski definition) is 0. The third kappa shape index (κ3) is 4.13. The zero-order chi connectivity index (χ0) is 18.7. The number of piperidine rings is 1. The van der Waals surface area contributed by atoms with Gasteiger partial charge in [-0.1, -0.05) is 18.2 Å². The quantitative estimate of drug-likeness (QED) is 0.783. The fourth-order valence-corrected chi connectivity index (χ4v) is 5.37. The van der Waals surface area contributed by atoms with Gasteiger partial charge in [0, 0.05) is 25.5 Å². The molecule has 3 rings (SSSR count). The normalized spacial score (nSPS) is 18.6. The molecule has 6 nitrogen and oxygen atoms in total. The minimum atomic E-state index is -3.56. The minimum Gasteiger partial charge on any atom is -0.340 e. The van der Waals surface area contributed by atoms with Gasteiger partial charge >= 0.3 is 0 Å². The summed E-state index contributed by atoms with van der Waals surface area (Å²) in [7, 11) is -1.81. The summed E-state index contributed by atoms with van der Waals surface area (Å²) in [5.41, 5.74) is 0.868. The highest BCUT2D eigenvalue weighted by Gasteiger charge is 2.34. The molecule has 1 fully saturated rings. The van der Waals surface area contributed by atoms with Gasteiger partial charge in [0.05, 0.1) is 28.1 Å². The predicted molar refractivity (Wildman–Crippen MR) is 101 cm³/mol. The zero-order valence-electron chi connectivity index (χ0n) is 15.0. The van der Waals surface area contributed by atoms with Crippen molar-refractivity contribution in [3.8, 4) is 0 Å². The molecule has 1 saturated heterocycles. The van der Waals surface area contributed by atoms with E-state index in [1.54, 1.807) is 53.6 Å². The van der Waals surface area contributed by atoms with Gasteiger partial charge in [-0.15, -0.1) is 11.3 Å². The van der Waals surface area contributed by atoms with Crippen LogP contribution in [0, 0.1) is 12.8 Å². The average Bonchev–Trinajstić information content (AvgIpc) is 3.06. The zero-order valence-corrected chi connectivity index (χ0v) is 16.6. The number of carbonyl (C=O) groups is 1. The lowest BCUT2D eigenvalue weighted by molar-refractivity contribution is -0.135. The lowest BCUT2D eigenvalue weighted by Gasteiger charge is -2.33. The van der Waals surface area contributed by atoms with Crippen LogP contribution in [0.5, 0.6) is 0 Å². The molecular weight excluding hydrogens is 370 g/mol. The number of thiazole rings is 1. The molecule has 1 aromatic heterocycles. The molecule has 0 spiro atoms. The second kappa shape index (κ2) is 7.85. The third-order valence-corrected chi connectivity index (χ3v) is 7.26. The Bertz CT molecular complexity index is 865. The van der Waals surface area contributed by atoms with Gasteiger partial charge in [-0.05, 0) is 31.9 Å². The van der Waals surface area contributed by atoms with E-state index in [9.17, 15) is 13.2 Å². The maximum Gasteiger partial charge on any atom is 0.243 e. The van der Waals surface area contributed by atoms with E-state index >= 15 is 0 Å². The number of benzene rings is 1. The molecular formula is C18H23N3O3S2. The summed E-state index contributed by atoms with van der Waals surface area (Å²) in [5, 5.41) is 2.92. The lowest BCUT2D eigenvalue weighted by atomic mass is 9.98. The van der Waals surface area contributed by atoms with Gasteiger partial charge in [-0.25, -0.2) is 13.4 Å².